The number of hydrogen-bond acceptors (Lipinski definition) is 5. The van der Waals surface area contributed by atoms with Crippen molar-refractivity contribution in [2.24, 2.45) is 23.7 Å². The molecule has 1 saturated heterocycles. The number of imide groups is 1. The number of halogens is 1. The minimum Gasteiger partial charge on any atom is -0.454 e. The summed E-state index contributed by atoms with van der Waals surface area (Å²) in [6, 6.07) is 11.2. The average Bonchev–Trinajstić information content (AvgIpc) is 3.46. The van der Waals surface area contributed by atoms with E-state index >= 15 is 0 Å². The molecule has 2 saturated carbocycles. The second kappa shape index (κ2) is 7.41. The molecule has 4 atom stereocenters. The Morgan fingerprint density at radius 2 is 1.55 bits per heavy atom. The van der Waals surface area contributed by atoms with Crippen LogP contribution in [0.1, 0.15) is 40.0 Å². The van der Waals surface area contributed by atoms with E-state index in [1.54, 1.807) is 18.2 Å². The minimum atomic E-state index is -0.799. The third-order valence-corrected chi connectivity index (χ3v) is 6.79. The van der Waals surface area contributed by atoms with Crippen molar-refractivity contribution in [1.29, 1.82) is 0 Å². The number of fused-ring (bicyclic) bond motifs is 5. The Labute approximate surface area is 178 Å². The van der Waals surface area contributed by atoms with E-state index in [0.29, 0.717) is 0 Å². The number of hydrogen-bond donors (Lipinski definition) is 0. The van der Waals surface area contributed by atoms with Crippen LogP contribution < -0.4 is 4.90 Å². The maximum atomic E-state index is 13.1. The summed E-state index contributed by atoms with van der Waals surface area (Å²) in [7, 11) is 0. The number of nitrogens with zero attached hydrogens (tertiary/aromatic N) is 1. The molecule has 5 rings (SSSR count). The summed E-state index contributed by atoms with van der Waals surface area (Å²) >= 11 is 0. The number of carbonyl (C=O) groups excluding carboxylic acids is 4. The number of para-hydroxylation sites is 1. The molecule has 158 valence electrons. The van der Waals surface area contributed by atoms with Crippen LogP contribution in [0.2, 0.25) is 0 Å². The highest BCUT2D eigenvalue weighted by Crippen LogP contribution is 2.56. The zero-order valence-corrected chi connectivity index (χ0v) is 16.6. The Hall–Kier alpha value is -3.35. The van der Waals surface area contributed by atoms with Gasteiger partial charge in [0.1, 0.15) is 5.82 Å². The molecular formula is C24H20FNO5. The van der Waals surface area contributed by atoms with Crippen molar-refractivity contribution in [2.45, 2.75) is 19.3 Å². The van der Waals surface area contributed by atoms with Crippen LogP contribution in [0.25, 0.3) is 0 Å². The van der Waals surface area contributed by atoms with E-state index in [-0.39, 0.29) is 52.3 Å². The molecule has 2 bridgehead atoms. The molecule has 0 N–H and O–H groups in total. The molecule has 2 amide bonds. The predicted octanol–water partition coefficient (Wildman–Crippen LogP) is 3.40. The van der Waals surface area contributed by atoms with E-state index in [2.05, 4.69) is 0 Å². The monoisotopic (exact) mass is 421 g/mol. The fraction of sp³-hybridized carbons (Fsp3) is 0.333. The largest absolute Gasteiger partial charge is 0.454 e. The van der Waals surface area contributed by atoms with Crippen molar-refractivity contribution in [3.8, 4) is 0 Å². The zero-order valence-electron chi connectivity index (χ0n) is 16.6. The fourth-order valence-corrected chi connectivity index (χ4v) is 5.42. The summed E-state index contributed by atoms with van der Waals surface area (Å²) < 4.78 is 18.2. The fourth-order valence-electron chi connectivity index (χ4n) is 5.42. The summed E-state index contributed by atoms with van der Waals surface area (Å²) in [6.45, 7) is -0.532. The van der Waals surface area contributed by atoms with Crippen molar-refractivity contribution in [2.75, 3.05) is 11.5 Å². The molecule has 4 unspecified atom stereocenters. The lowest BCUT2D eigenvalue weighted by Gasteiger charge is -2.19. The van der Waals surface area contributed by atoms with Gasteiger partial charge in [-0.3, -0.25) is 14.4 Å². The van der Waals surface area contributed by atoms with Gasteiger partial charge in [-0.05, 0) is 67.5 Å². The van der Waals surface area contributed by atoms with Gasteiger partial charge < -0.3 is 4.74 Å². The predicted molar refractivity (Wildman–Crippen MR) is 108 cm³/mol. The Morgan fingerprint density at radius 1 is 0.935 bits per heavy atom. The number of anilines is 1. The molecule has 2 aliphatic carbocycles. The van der Waals surface area contributed by atoms with Crippen LogP contribution in [0.15, 0.2) is 48.5 Å². The Kier molecular flexibility index (Phi) is 4.68. The van der Waals surface area contributed by atoms with Crippen LogP contribution >= 0.6 is 0 Å². The van der Waals surface area contributed by atoms with Crippen molar-refractivity contribution in [1.82, 2.24) is 0 Å². The van der Waals surface area contributed by atoms with Gasteiger partial charge in [0.2, 0.25) is 11.8 Å². The Morgan fingerprint density at radius 3 is 2.19 bits per heavy atom. The summed E-state index contributed by atoms with van der Waals surface area (Å²) in [4.78, 5) is 52.3. The van der Waals surface area contributed by atoms with Gasteiger partial charge in [-0.1, -0.05) is 12.1 Å². The van der Waals surface area contributed by atoms with E-state index in [4.69, 9.17) is 4.74 Å². The molecule has 1 aliphatic heterocycles. The van der Waals surface area contributed by atoms with E-state index in [0.717, 1.165) is 36.3 Å². The van der Waals surface area contributed by atoms with E-state index < -0.39 is 24.2 Å². The van der Waals surface area contributed by atoms with Crippen LogP contribution in [0.5, 0.6) is 0 Å². The van der Waals surface area contributed by atoms with Crippen molar-refractivity contribution in [3.63, 3.8) is 0 Å². The van der Waals surface area contributed by atoms with Gasteiger partial charge in [0.15, 0.2) is 12.4 Å². The Balaban J connectivity index is 1.35. The van der Waals surface area contributed by atoms with Gasteiger partial charge in [0, 0.05) is 5.56 Å². The van der Waals surface area contributed by atoms with Gasteiger partial charge in [-0.15, -0.1) is 0 Å². The molecule has 2 aromatic rings. The molecule has 7 heteroatoms. The number of esters is 1. The molecular weight excluding hydrogens is 401 g/mol. The van der Waals surface area contributed by atoms with Crippen molar-refractivity contribution >= 4 is 29.3 Å². The lowest BCUT2D eigenvalue weighted by molar-refractivity contribution is -0.123. The van der Waals surface area contributed by atoms with Crippen LogP contribution in [0.4, 0.5) is 10.1 Å². The summed E-state index contributed by atoms with van der Waals surface area (Å²) in [5.74, 6) is -2.36. The van der Waals surface area contributed by atoms with Gasteiger partial charge in [0.05, 0.1) is 23.1 Å². The highest BCUT2D eigenvalue weighted by Gasteiger charge is 2.61. The molecule has 1 heterocycles. The molecule has 0 radical (unpaired) electrons. The lowest BCUT2D eigenvalue weighted by Crippen LogP contribution is -2.34. The molecule has 0 aromatic heterocycles. The first-order chi connectivity index (χ1) is 15.0. The number of Topliss-reactive ketones (excluding diaryl/α,β-unsaturated/α-hetero) is 1. The lowest BCUT2D eigenvalue weighted by atomic mass is 9.81. The highest BCUT2D eigenvalue weighted by atomic mass is 19.1. The molecule has 3 fully saturated rings. The van der Waals surface area contributed by atoms with E-state index in [1.165, 1.54) is 18.2 Å². The maximum Gasteiger partial charge on any atom is 0.340 e. The third-order valence-electron chi connectivity index (χ3n) is 6.79. The zero-order chi connectivity index (χ0) is 21.7. The van der Waals surface area contributed by atoms with E-state index in [1.807, 2.05) is 0 Å². The normalized spacial score (nSPS) is 26.3. The number of benzene rings is 2. The van der Waals surface area contributed by atoms with Gasteiger partial charge in [0.25, 0.3) is 0 Å². The topological polar surface area (TPSA) is 80.8 Å². The first kappa shape index (κ1) is 19.6. The molecule has 31 heavy (non-hydrogen) atoms. The maximum absolute atomic E-state index is 13.1. The number of rotatable bonds is 5. The molecule has 3 aliphatic rings. The second-order valence-corrected chi connectivity index (χ2v) is 8.42. The molecule has 6 nitrogen and oxygen atoms in total. The molecule has 0 spiro atoms. The van der Waals surface area contributed by atoms with Crippen molar-refractivity contribution < 1.29 is 28.3 Å². The third kappa shape index (κ3) is 3.15. The number of ether oxygens (including phenoxy) is 1. The first-order valence-corrected chi connectivity index (χ1v) is 10.4. The van der Waals surface area contributed by atoms with Gasteiger partial charge in [-0.25, -0.2) is 14.1 Å². The number of amides is 2. The van der Waals surface area contributed by atoms with Gasteiger partial charge >= 0.3 is 5.97 Å². The van der Waals surface area contributed by atoms with Crippen LogP contribution in [0.3, 0.4) is 0 Å². The summed E-state index contributed by atoms with van der Waals surface area (Å²) in [5.41, 5.74) is 0.477. The first-order valence-electron chi connectivity index (χ1n) is 10.4. The van der Waals surface area contributed by atoms with Crippen LogP contribution in [-0.2, 0) is 14.3 Å². The standard InChI is InChI=1S/C24H20FNO5/c25-16-9-7-13(8-10-16)19(27)12-31-24(30)17-3-1-2-4-18(17)26-22(28)20-14-5-6-15(11-14)21(20)23(26)29/h1-4,7-10,14-15,20-21H,5-6,11-12H2. The number of ketones is 1. The SMILES string of the molecule is O=C(COC(=O)c1ccccc1N1C(=O)C2C3CCC(C3)C2C1=O)c1ccc(F)cc1. The van der Waals surface area contributed by atoms with E-state index in [9.17, 15) is 23.6 Å². The smallest absolute Gasteiger partial charge is 0.340 e. The second-order valence-electron chi connectivity index (χ2n) is 8.42. The van der Waals surface area contributed by atoms with Gasteiger partial charge in [-0.2, -0.15) is 0 Å². The van der Waals surface area contributed by atoms with Crippen LogP contribution in [-0.4, -0.2) is 30.2 Å². The Bertz CT molecular complexity index is 1070. The minimum absolute atomic E-state index is 0.0587. The number of carbonyl (C=O) groups is 4. The van der Waals surface area contributed by atoms with Crippen molar-refractivity contribution in [3.05, 3.63) is 65.5 Å². The summed E-state index contributed by atoms with van der Waals surface area (Å²) in [5, 5.41) is 0. The quantitative estimate of drug-likeness (QED) is 0.420. The molecule has 2 aromatic carbocycles. The summed E-state index contributed by atoms with van der Waals surface area (Å²) in [6.07, 6.45) is 2.86. The highest BCUT2D eigenvalue weighted by molar-refractivity contribution is 6.24. The average molecular weight is 421 g/mol. The van der Waals surface area contributed by atoms with Crippen LogP contribution in [0, 0.1) is 29.5 Å².